The molecule has 0 aliphatic rings. The fourth-order valence-corrected chi connectivity index (χ4v) is 0.326. The number of hydrogen-bond donors (Lipinski definition) is 0. The first-order valence-electron chi connectivity index (χ1n) is 3.15. The molecule has 0 spiro atoms. The number of aromatic nitrogens is 2. The second-order valence-corrected chi connectivity index (χ2v) is 5.25. The molecule has 0 saturated heterocycles. The third-order valence-corrected chi connectivity index (χ3v) is 0.637. The smallest absolute Gasteiger partial charge is 0.0943 e. The first-order chi connectivity index (χ1) is 4.63. The molecule has 10 heavy (non-hydrogen) atoms. The van der Waals surface area contributed by atoms with Gasteiger partial charge in [0.25, 0.3) is 0 Å². The zero-order valence-corrected chi connectivity index (χ0v) is 7.97. The summed E-state index contributed by atoms with van der Waals surface area (Å²) in [6.07, 6.45) is 5.39. The number of rotatable bonds is 0. The average Bonchev–Trinajstić information content (AvgIpc) is 2.15. The first kappa shape index (κ1) is 9.64. The van der Waals surface area contributed by atoms with E-state index in [1.165, 1.54) is 0 Å². The fourth-order valence-electron chi connectivity index (χ4n) is 0.326. The largest absolute Gasteiger partial charge is 0.341 e. The van der Waals surface area contributed by atoms with Crippen molar-refractivity contribution < 1.29 is 0 Å². The maximum atomic E-state index is 3.78. The predicted molar refractivity (Wildman–Crippen MR) is 47.9 cm³/mol. The van der Waals surface area contributed by atoms with Crippen LogP contribution in [0.3, 0.4) is 0 Å². The molecule has 0 aliphatic heterocycles. The van der Waals surface area contributed by atoms with Crippen LogP contribution in [0.1, 0.15) is 0 Å². The van der Waals surface area contributed by atoms with Gasteiger partial charge in [0, 0.05) is 19.4 Å². The topological polar surface area (TPSA) is 17.8 Å². The lowest BCUT2D eigenvalue weighted by atomic mass is 10.9. The van der Waals surface area contributed by atoms with Crippen molar-refractivity contribution >= 4 is 7.92 Å². The Kier molecular flexibility index (Phi) is 5.23. The standard InChI is InChI=1S/C4H6N2.C3H9P/c1-6-3-2-5-4-6;1-4(2)3/h2-4H,1H3;1-3H3. The molecule has 0 N–H and O–H groups in total. The summed E-state index contributed by atoms with van der Waals surface area (Å²) in [5.41, 5.74) is 0. The lowest BCUT2D eigenvalue weighted by Gasteiger charge is -1.81. The average molecular weight is 158 g/mol. The minimum Gasteiger partial charge on any atom is -0.341 e. The maximum absolute atomic E-state index is 3.78. The highest BCUT2D eigenvalue weighted by molar-refractivity contribution is 7.55. The van der Waals surface area contributed by atoms with Gasteiger partial charge in [-0.3, -0.25) is 0 Å². The number of imidazole rings is 1. The zero-order chi connectivity index (χ0) is 7.98. The first-order valence-corrected chi connectivity index (χ1v) is 5.84. The molecule has 58 valence electrons. The van der Waals surface area contributed by atoms with Crippen LogP contribution < -0.4 is 0 Å². The highest BCUT2D eigenvalue weighted by Gasteiger charge is 1.69. The van der Waals surface area contributed by atoms with Gasteiger partial charge in [0.2, 0.25) is 0 Å². The minimum absolute atomic E-state index is 0.380. The van der Waals surface area contributed by atoms with Gasteiger partial charge >= 0.3 is 0 Å². The van der Waals surface area contributed by atoms with E-state index in [9.17, 15) is 0 Å². The van der Waals surface area contributed by atoms with E-state index in [0.717, 1.165) is 0 Å². The van der Waals surface area contributed by atoms with E-state index in [4.69, 9.17) is 0 Å². The molecule has 0 bridgehead atoms. The highest BCUT2D eigenvalue weighted by atomic mass is 31.1. The summed E-state index contributed by atoms with van der Waals surface area (Å²) in [5, 5.41) is 0. The van der Waals surface area contributed by atoms with E-state index in [2.05, 4.69) is 25.0 Å². The van der Waals surface area contributed by atoms with Gasteiger partial charge in [0.15, 0.2) is 0 Å². The van der Waals surface area contributed by atoms with E-state index in [0.29, 0.717) is 7.92 Å². The van der Waals surface area contributed by atoms with Crippen molar-refractivity contribution in [2.75, 3.05) is 20.0 Å². The fraction of sp³-hybridized carbons (Fsp3) is 0.571. The van der Waals surface area contributed by atoms with Gasteiger partial charge in [-0.25, -0.2) is 4.98 Å². The van der Waals surface area contributed by atoms with Crippen LogP contribution in [0.2, 0.25) is 0 Å². The van der Waals surface area contributed by atoms with E-state index >= 15 is 0 Å². The summed E-state index contributed by atoms with van der Waals surface area (Å²) in [6.45, 7) is 6.69. The van der Waals surface area contributed by atoms with Crippen molar-refractivity contribution in [1.82, 2.24) is 9.55 Å². The molecule has 0 aromatic carbocycles. The normalized spacial score (nSPS) is 8.90. The lowest BCUT2D eigenvalue weighted by Crippen LogP contribution is -1.76. The van der Waals surface area contributed by atoms with Crippen LogP contribution in [0.4, 0.5) is 0 Å². The van der Waals surface area contributed by atoms with E-state index in [-0.39, 0.29) is 0 Å². The van der Waals surface area contributed by atoms with Crippen molar-refractivity contribution in [1.29, 1.82) is 0 Å². The number of nitrogens with zero attached hydrogens (tertiary/aromatic N) is 2. The number of hydrogen-bond acceptors (Lipinski definition) is 1. The predicted octanol–water partition coefficient (Wildman–Crippen LogP) is 1.78. The molecule has 1 rings (SSSR count). The van der Waals surface area contributed by atoms with Crippen molar-refractivity contribution in [2.45, 2.75) is 0 Å². The Labute approximate surface area is 64.0 Å². The summed E-state index contributed by atoms with van der Waals surface area (Å²) < 4.78 is 1.89. The third kappa shape index (κ3) is 7.64. The molecule has 1 heterocycles. The molecule has 0 saturated carbocycles. The Morgan fingerprint density at radius 1 is 1.30 bits per heavy atom. The molecule has 1 aromatic rings. The van der Waals surface area contributed by atoms with Gasteiger partial charge in [-0.1, -0.05) is 0 Å². The Morgan fingerprint density at radius 2 is 1.80 bits per heavy atom. The van der Waals surface area contributed by atoms with Crippen molar-refractivity contribution in [3.05, 3.63) is 18.7 Å². The van der Waals surface area contributed by atoms with E-state index < -0.39 is 0 Å². The highest BCUT2D eigenvalue weighted by Crippen LogP contribution is 2.14. The molecule has 0 unspecified atom stereocenters. The van der Waals surface area contributed by atoms with Gasteiger partial charge in [0.1, 0.15) is 0 Å². The summed E-state index contributed by atoms with van der Waals surface area (Å²) in [6, 6.07) is 0. The van der Waals surface area contributed by atoms with Crippen LogP contribution in [-0.2, 0) is 7.05 Å². The zero-order valence-electron chi connectivity index (χ0n) is 7.07. The van der Waals surface area contributed by atoms with Gasteiger partial charge in [-0.05, 0) is 20.0 Å². The second kappa shape index (κ2) is 5.43. The van der Waals surface area contributed by atoms with Crippen LogP contribution in [-0.4, -0.2) is 29.5 Å². The molecule has 0 radical (unpaired) electrons. The van der Waals surface area contributed by atoms with Gasteiger partial charge < -0.3 is 4.57 Å². The monoisotopic (exact) mass is 158 g/mol. The Bertz CT molecular complexity index is 144. The molecular weight excluding hydrogens is 143 g/mol. The Hall–Kier alpha value is -0.360. The molecule has 0 fully saturated rings. The molecule has 0 aliphatic carbocycles. The van der Waals surface area contributed by atoms with Gasteiger partial charge in [0.05, 0.1) is 6.33 Å². The van der Waals surface area contributed by atoms with Crippen LogP contribution in [0.25, 0.3) is 0 Å². The number of aryl methyl sites for hydroxylation is 1. The van der Waals surface area contributed by atoms with Crippen LogP contribution >= 0.6 is 7.92 Å². The van der Waals surface area contributed by atoms with E-state index in [1.807, 2.05) is 17.8 Å². The van der Waals surface area contributed by atoms with Crippen LogP contribution in [0, 0.1) is 0 Å². The Morgan fingerprint density at radius 3 is 1.90 bits per heavy atom. The summed E-state index contributed by atoms with van der Waals surface area (Å²) >= 11 is 0. The van der Waals surface area contributed by atoms with Crippen molar-refractivity contribution in [3.8, 4) is 0 Å². The van der Waals surface area contributed by atoms with E-state index in [1.54, 1.807) is 12.5 Å². The maximum Gasteiger partial charge on any atom is 0.0943 e. The quantitative estimate of drug-likeness (QED) is 0.526. The molecule has 0 atom stereocenters. The van der Waals surface area contributed by atoms with Gasteiger partial charge in [-0.15, -0.1) is 7.92 Å². The summed E-state index contributed by atoms with van der Waals surface area (Å²) in [4.78, 5) is 3.78. The molecular formula is C7H15N2P. The van der Waals surface area contributed by atoms with Gasteiger partial charge in [-0.2, -0.15) is 0 Å². The minimum atomic E-state index is 0.380. The summed E-state index contributed by atoms with van der Waals surface area (Å²) in [5.74, 6) is 0. The lowest BCUT2D eigenvalue weighted by molar-refractivity contribution is 0.913. The SMILES string of the molecule is CP(C)C.Cn1ccnc1. The third-order valence-electron chi connectivity index (χ3n) is 0.637. The van der Waals surface area contributed by atoms with Crippen molar-refractivity contribution in [3.63, 3.8) is 0 Å². The Balaban J connectivity index is 0.000000180. The molecule has 2 nitrogen and oxygen atoms in total. The van der Waals surface area contributed by atoms with Crippen LogP contribution in [0.15, 0.2) is 18.7 Å². The second-order valence-electron chi connectivity index (χ2n) is 2.57. The molecule has 1 aromatic heterocycles. The van der Waals surface area contributed by atoms with Crippen molar-refractivity contribution in [2.24, 2.45) is 7.05 Å². The van der Waals surface area contributed by atoms with Crippen LogP contribution in [0.5, 0.6) is 0 Å². The summed E-state index contributed by atoms with van der Waals surface area (Å²) in [7, 11) is 2.32. The molecule has 0 amide bonds. The molecule has 3 heteroatoms.